The molecule has 4 heteroatoms. The van der Waals surface area contributed by atoms with Gasteiger partial charge in [-0.3, -0.25) is 4.79 Å². The van der Waals surface area contributed by atoms with E-state index in [1.54, 1.807) is 0 Å². The minimum absolute atomic E-state index is 0.197. The van der Waals surface area contributed by atoms with Crippen LogP contribution in [0, 0.1) is 11.8 Å². The molecule has 1 saturated carbocycles. The first-order valence-corrected chi connectivity index (χ1v) is 8.08. The molecule has 1 fully saturated rings. The summed E-state index contributed by atoms with van der Waals surface area (Å²) < 4.78 is 10.9. The molecule has 3 unspecified atom stereocenters. The first kappa shape index (κ1) is 17.4. The van der Waals surface area contributed by atoms with Crippen LogP contribution in [0.15, 0.2) is 0 Å². The van der Waals surface area contributed by atoms with Gasteiger partial charge in [0.2, 0.25) is 0 Å². The number of carbonyl (C=O) groups is 1. The molecule has 0 aromatic rings. The van der Waals surface area contributed by atoms with Crippen molar-refractivity contribution in [1.29, 1.82) is 0 Å². The Morgan fingerprint density at radius 2 is 2.20 bits per heavy atom. The lowest BCUT2D eigenvalue weighted by atomic mass is 9.86. The van der Waals surface area contributed by atoms with Gasteiger partial charge in [0.1, 0.15) is 5.54 Å². The third kappa shape index (κ3) is 4.74. The molecule has 0 spiro atoms. The van der Waals surface area contributed by atoms with Gasteiger partial charge in [-0.25, -0.2) is 0 Å². The minimum Gasteiger partial charge on any atom is -0.465 e. The summed E-state index contributed by atoms with van der Waals surface area (Å²) in [6, 6.07) is 0. The number of carbonyl (C=O) groups excluding carboxylic acids is 1. The van der Waals surface area contributed by atoms with Crippen molar-refractivity contribution in [1.82, 2.24) is 0 Å². The largest absolute Gasteiger partial charge is 0.465 e. The maximum Gasteiger partial charge on any atom is 0.326 e. The summed E-state index contributed by atoms with van der Waals surface area (Å²) in [5.41, 5.74) is 5.51. The van der Waals surface area contributed by atoms with E-state index in [-0.39, 0.29) is 11.9 Å². The fourth-order valence-electron chi connectivity index (χ4n) is 3.12. The molecule has 0 aromatic carbocycles. The van der Waals surface area contributed by atoms with Gasteiger partial charge in [0.15, 0.2) is 0 Å². The number of hydrogen-bond donors (Lipinski definition) is 1. The van der Waals surface area contributed by atoms with Gasteiger partial charge in [-0.1, -0.05) is 26.7 Å². The Kier molecular flexibility index (Phi) is 7.52. The van der Waals surface area contributed by atoms with Gasteiger partial charge in [-0.15, -0.1) is 0 Å². The molecule has 0 radical (unpaired) electrons. The zero-order valence-corrected chi connectivity index (χ0v) is 13.3. The van der Waals surface area contributed by atoms with Crippen LogP contribution < -0.4 is 5.73 Å². The van der Waals surface area contributed by atoms with Crippen LogP contribution in [0.4, 0.5) is 0 Å². The fourth-order valence-corrected chi connectivity index (χ4v) is 3.12. The van der Waals surface area contributed by atoms with Crippen molar-refractivity contribution in [3.8, 4) is 0 Å². The quantitative estimate of drug-likeness (QED) is 0.522. The second kappa shape index (κ2) is 8.63. The summed E-state index contributed by atoms with van der Waals surface area (Å²) in [5.74, 6) is 0.571. The first-order valence-electron chi connectivity index (χ1n) is 8.08. The van der Waals surface area contributed by atoms with Crippen LogP contribution in [0.2, 0.25) is 0 Å². The van der Waals surface area contributed by atoms with Gasteiger partial charge in [0.05, 0.1) is 6.61 Å². The highest BCUT2D eigenvalue weighted by atomic mass is 16.5. The van der Waals surface area contributed by atoms with E-state index >= 15 is 0 Å². The summed E-state index contributed by atoms with van der Waals surface area (Å²) >= 11 is 0. The molecule has 4 nitrogen and oxygen atoms in total. The first-order chi connectivity index (χ1) is 9.54. The van der Waals surface area contributed by atoms with Crippen molar-refractivity contribution < 1.29 is 14.3 Å². The maximum absolute atomic E-state index is 12.0. The summed E-state index contributed by atoms with van der Waals surface area (Å²) in [6.07, 6.45) is 6.00. The predicted octanol–water partition coefficient (Wildman–Crippen LogP) is 2.89. The SMILES string of the molecule is CCCC(C)COCCC1CCCC1(N)C(=O)OCC. The van der Waals surface area contributed by atoms with Crippen LogP contribution in [-0.4, -0.2) is 31.3 Å². The Labute approximate surface area is 123 Å². The van der Waals surface area contributed by atoms with Gasteiger partial charge in [-0.2, -0.15) is 0 Å². The lowest BCUT2D eigenvalue weighted by molar-refractivity contribution is -0.151. The van der Waals surface area contributed by atoms with Crippen molar-refractivity contribution >= 4 is 5.97 Å². The van der Waals surface area contributed by atoms with Crippen LogP contribution in [0.5, 0.6) is 0 Å². The molecule has 0 bridgehead atoms. The molecule has 1 rings (SSSR count). The molecule has 118 valence electrons. The third-order valence-electron chi connectivity index (χ3n) is 4.32. The average molecular weight is 285 g/mol. The second-order valence-corrected chi connectivity index (χ2v) is 6.11. The standard InChI is InChI=1S/C16H31NO3/c1-4-7-13(3)12-19-11-9-14-8-6-10-16(14,17)15(18)20-5-2/h13-14H,4-12,17H2,1-3H3. The van der Waals surface area contributed by atoms with E-state index < -0.39 is 5.54 Å². The van der Waals surface area contributed by atoms with Crippen molar-refractivity contribution in [2.45, 2.75) is 64.8 Å². The van der Waals surface area contributed by atoms with Gasteiger partial charge >= 0.3 is 5.97 Å². The predicted molar refractivity (Wildman–Crippen MR) is 80.4 cm³/mol. The Balaban J connectivity index is 2.33. The van der Waals surface area contributed by atoms with Crippen LogP contribution in [0.1, 0.15) is 59.3 Å². The lowest BCUT2D eigenvalue weighted by Crippen LogP contribution is -2.52. The number of ether oxygens (including phenoxy) is 2. The number of rotatable bonds is 9. The molecule has 1 aliphatic rings. The van der Waals surface area contributed by atoms with Gasteiger partial charge < -0.3 is 15.2 Å². The van der Waals surface area contributed by atoms with Crippen molar-refractivity contribution in [2.75, 3.05) is 19.8 Å². The van der Waals surface area contributed by atoms with Crippen LogP contribution in [0.3, 0.4) is 0 Å². The highest BCUT2D eigenvalue weighted by Gasteiger charge is 2.46. The highest BCUT2D eigenvalue weighted by molar-refractivity contribution is 5.81. The third-order valence-corrected chi connectivity index (χ3v) is 4.32. The lowest BCUT2D eigenvalue weighted by Gasteiger charge is -2.29. The molecule has 1 aliphatic carbocycles. The summed E-state index contributed by atoms with van der Waals surface area (Å²) in [7, 11) is 0. The number of nitrogens with two attached hydrogens (primary N) is 1. The van der Waals surface area contributed by atoms with E-state index in [0.717, 1.165) is 32.3 Å². The van der Waals surface area contributed by atoms with E-state index in [1.165, 1.54) is 12.8 Å². The maximum atomic E-state index is 12.0. The smallest absolute Gasteiger partial charge is 0.326 e. The fraction of sp³-hybridized carbons (Fsp3) is 0.938. The van der Waals surface area contributed by atoms with E-state index in [0.29, 0.717) is 19.1 Å². The molecule has 3 atom stereocenters. The van der Waals surface area contributed by atoms with Crippen LogP contribution in [-0.2, 0) is 14.3 Å². The molecule has 0 saturated heterocycles. The summed E-state index contributed by atoms with van der Waals surface area (Å²) in [6.45, 7) is 8.12. The van der Waals surface area contributed by atoms with Crippen LogP contribution in [0.25, 0.3) is 0 Å². The Hall–Kier alpha value is -0.610. The summed E-state index contributed by atoms with van der Waals surface area (Å²) in [5, 5.41) is 0. The Morgan fingerprint density at radius 1 is 1.45 bits per heavy atom. The molecule has 0 aliphatic heterocycles. The second-order valence-electron chi connectivity index (χ2n) is 6.11. The highest BCUT2D eigenvalue weighted by Crippen LogP contribution is 2.37. The van der Waals surface area contributed by atoms with E-state index in [9.17, 15) is 4.79 Å². The minimum atomic E-state index is -0.783. The normalized spacial score (nSPS) is 27.5. The molecular formula is C16H31NO3. The molecule has 0 amide bonds. The molecule has 2 N–H and O–H groups in total. The van der Waals surface area contributed by atoms with Crippen LogP contribution >= 0.6 is 0 Å². The molecule has 0 aromatic heterocycles. The number of esters is 1. The molecule has 0 heterocycles. The van der Waals surface area contributed by atoms with E-state index in [2.05, 4.69) is 13.8 Å². The van der Waals surface area contributed by atoms with Crippen molar-refractivity contribution in [2.24, 2.45) is 17.6 Å². The van der Waals surface area contributed by atoms with Crippen molar-refractivity contribution in [3.05, 3.63) is 0 Å². The number of hydrogen-bond acceptors (Lipinski definition) is 4. The van der Waals surface area contributed by atoms with Gasteiger partial charge in [-0.05, 0) is 44.4 Å². The summed E-state index contributed by atoms with van der Waals surface area (Å²) in [4.78, 5) is 12.0. The van der Waals surface area contributed by atoms with E-state index in [1.807, 2.05) is 6.92 Å². The molecular weight excluding hydrogens is 254 g/mol. The molecule has 20 heavy (non-hydrogen) atoms. The topological polar surface area (TPSA) is 61.5 Å². The zero-order valence-electron chi connectivity index (χ0n) is 13.3. The zero-order chi connectivity index (χ0) is 15.0. The van der Waals surface area contributed by atoms with Gasteiger partial charge in [0.25, 0.3) is 0 Å². The van der Waals surface area contributed by atoms with Gasteiger partial charge in [0, 0.05) is 13.2 Å². The monoisotopic (exact) mass is 285 g/mol. The average Bonchev–Trinajstić information content (AvgIpc) is 2.78. The van der Waals surface area contributed by atoms with Crippen molar-refractivity contribution in [3.63, 3.8) is 0 Å². The van der Waals surface area contributed by atoms with E-state index in [4.69, 9.17) is 15.2 Å². The Bertz CT molecular complexity index is 295. The Morgan fingerprint density at radius 3 is 2.85 bits per heavy atom.